The van der Waals surface area contributed by atoms with Crippen molar-refractivity contribution in [1.29, 1.82) is 0 Å². The number of nitrogens with one attached hydrogen (secondary N) is 1. The van der Waals surface area contributed by atoms with Crippen LogP contribution in [-0.2, 0) is 11.2 Å². The van der Waals surface area contributed by atoms with Crippen LogP contribution in [0.25, 0.3) is 0 Å². The van der Waals surface area contributed by atoms with Crippen LogP contribution < -0.4 is 5.32 Å². The number of aromatic hydroxyl groups is 1. The van der Waals surface area contributed by atoms with Gasteiger partial charge in [-0.05, 0) is 29.5 Å². The van der Waals surface area contributed by atoms with Gasteiger partial charge in [0, 0.05) is 12.6 Å². The third kappa shape index (κ3) is 5.30. The van der Waals surface area contributed by atoms with Crippen molar-refractivity contribution in [3.8, 4) is 5.75 Å². The average Bonchev–Trinajstić information content (AvgIpc) is 2.30. The second kappa shape index (κ2) is 6.57. The molecule has 0 saturated carbocycles. The fourth-order valence-corrected chi connectivity index (χ4v) is 1.90. The zero-order valence-electron chi connectivity index (χ0n) is 11.8. The normalized spacial score (nSPS) is 13.1. The van der Waals surface area contributed by atoms with E-state index in [9.17, 15) is 9.90 Å². The molecule has 0 aromatic heterocycles. The van der Waals surface area contributed by atoms with Gasteiger partial charge in [0.1, 0.15) is 5.75 Å². The molecule has 0 heterocycles. The van der Waals surface area contributed by atoms with Crippen molar-refractivity contribution in [2.45, 2.75) is 39.7 Å². The zero-order valence-corrected chi connectivity index (χ0v) is 11.8. The van der Waals surface area contributed by atoms with Crippen molar-refractivity contribution in [1.82, 2.24) is 5.32 Å². The predicted molar refractivity (Wildman–Crippen MR) is 74.9 cm³/mol. The van der Waals surface area contributed by atoms with Gasteiger partial charge in [-0.3, -0.25) is 4.79 Å². The van der Waals surface area contributed by atoms with Crippen molar-refractivity contribution in [2.24, 2.45) is 5.41 Å². The van der Waals surface area contributed by atoms with E-state index in [0.717, 1.165) is 5.56 Å². The molecule has 19 heavy (non-hydrogen) atoms. The summed E-state index contributed by atoms with van der Waals surface area (Å²) >= 11 is 0. The first-order valence-electron chi connectivity index (χ1n) is 6.51. The van der Waals surface area contributed by atoms with E-state index in [0.29, 0.717) is 6.42 Å². The third-order valence-corrected chi connectivity index (χ3v) is 3.10. The summed E-state index contributed by atoms with van der Waals surface area (Å²) in [6.07, 6.45) is 0.823. The molecule has 0 bridgehead atoms. The number of aliphatic hydroxyl groups excluding tert-OH is 1. The van der Waals surface area contributed by atoms with Crippen LogP contribution >= 0.6 is 0 Å². The van der Waals surface area contributed by atoms with Crippen LogP contribution in [0.5, 0.6) is 5.75 Å². The Morgan fingerprint density at radius 3 is 2.32 bits per heavy atom. The molecule has 106 valence electrons. The summed E-state index contributed by atoms with van der Waals surface area (Å²) in [7, 11) is 0. The van der Waals surface area contributed by atoms with Gasteiger partial charge >= 0.3 is 0 Å². The van der Waals surface area contributed by atoms with Gasteiger partial charge in [0.15, 0.2) is 0 Å². The number of carbonyl (C=O) groups excluding carboxylic acids is 1. The quantitative estimate of drug-likeness (QED) is 0.761. The second-order valence-electron chi connectivity index (χ2n) is 5.84. The van der Waals surface area contributed by atoms with Crippen molar-refractivity contribution in [3.63, 3.8) is 0 Å². The zero-order chi connectivity index (χ0) is 14.5. The summed E-state index contributed by atoms with van der Waals surface area (Å²) in [6.45, 7) is 6.16. The van der Waals surface area contributed by atoms with Crippen LogP contribution in [0.3, 0.4) is 0 Å². The number of carbonyl (C=O) groups is 1. The predicted octanol–water partition coefficient (Wildman–Crippen LogP) is 1.85. The number of rotatable bonds is 5. The first-order valence-corrected chi connectivity index (χ1v) is 6.51. The molecular formula is C15H23NO3. The lowest BCUT2D eigenvalue weighted by Crippen LogP contribution is -2.44. The Labute approximate surface area is 114 Å². The van der Waals surface area contributed by atoms with Gasteiger partial charge in [-0.15, -0.1) is 0 Å². The summed E-state index contributed by atoms with van der Waals surface area (Å²) in [5.41, 5.74) is 0.764. The van der Waals surface area contributed by atoms with E-state index in [1.165, 1.54) is 0 Å². The van der Waals surface area contributed by atoms with E-state index in [2.05, 4.69) is 5.32 Å². The number of benzene rings is 1. The molecule has 0 fully saturated rings. The molecule has 1 aromatic carbocycles. The molecular weight excluding hydrogens is 242 g/mol. The van der Waals surface area contributed by atoms with Crippen LogP contribution in [0.2, 0.25) is 0 Å². The molecule has 0 aliphatic rings. The van der Waals surface area contributed by atoms with Crippen LogP contribution in [-0.4, -0.2) is 28.8 Å². The van der Waals surface area contributed by atoms with E-state index in [4.69, 9.17) is 5.11 Å². The van der Waals surface area contributed by atoms with Crippen LogP contribution in [0.15, 0.2) is 24.3 Å². The van der Waals surface area contributed by atoms with Crippen molar-refractivity contribution < 1.29 is 15.0 Å². The summed E-state index contributed by atoms with van der Waals surface area (Å²) in [5.74, 6) is 0.121. The minimum atomic E-state index is -0.0899. The van der Waals surface area contributed by atoms with Gasteiger partial charge in [-0.25, -0.2) is 0 Å². The Morgan fingerprint density at radius 2 is 1.84 bits per heavy atom. The minimum Gasteiger partial charge on any atom is -0.508 e. The van der Waals surface area contributed by atoms with Crippen molar-refractivity contribution >= 4 is 5.91 Å². The number of hydrogen-bond acceptors (Lipinski definition) is 3. The molecule has 1 atom stereocenters. The highest BCUT2D eigenvalue weighted by molar-refractivity contribution is 5.79. The Bertz CT molecular complexity index is 406. The van der Waals surface area contributed by atoms with Gasteiger partial charge < -0.3 is 15.5 Å². The molecule has 0 aliphatic carbocycles. The number of hydrogen-bond donors (Lipinski definition) is 3. The molecule has 3 N–H and O–H groups in total. The lowest BCUT2D eigenvalue weighted by molar-refractivity contribution is -0.122. The summed E-state index contributed by atoms with van der Waals surface area (Å²) < 4.78 is 0. The molecule has 4 nitrogen and oxygen atoms in total. The van der Waals surface area contributed by atoms with E-state index in [1.807, 2.05) is 20.8 Å². The van der Waals surface area contributed by atoms with E-state index < -0.39 is 0 Å². The van der Waals surface area contributed by atoms with Crippen LogP contribution in [0.1, 0.15) is 32.8 Å². The number of phenolic OH excluding ortho intramolecular Hbond substituents is 1. The molecule has 1 amide bonds. The van der Waals surface area contributed by atoms with Gasteiger partial charge in [-0.1, -0.05) is 32.9 Å². The molecule has 1 unspecified atom stereocenters. The smallest absolute Gasteiger partial charge is 0.224 e. The minimum absolute atomic E-state index is 0.0536. The molecule has 4 heteroatoms. The van der Waals surface area contributed by atoms with Crippen molar-refractivity contribution in [2.75, 3.05) is 6.61 Å². The van der Waals surface area contributed by atoms with Crippen LogP contribution in [0, 0.1) is 5.41 Å². The first-order chi connectivity index (χ1) is 8.82. The van der Waals surface area contributed by atoms with Crippen molar-refractivity contribution in [3.05, 3.63) is 29.8 Å². The number of aliphatic hydroxyl groups is 1. The largest absolute Gasteiger partial charge is 0.508 e. The van der Waals surface area contributed by atoms with Gasteiger partial charge in [-0.2, -0.15) is 0 Å². The molecule has 0 spiro atoms. The second-order valence-corrected chi connectivity index (χ2v) is 5.84. The summed E-state index contributed by atoms with van der Waals surface area (Å²) in [4.78, 5) is 12.0. The highest BCUT2D eigenvalue weighted by Crippen LogP contribution is 2.21. The Morgan fingerprint density at radius 1 is 1.26 bits per heavy atom. The molecule has 1 rings (SSSR count). The first kappa shape index (κ1) is 15.5. The van der Waals surface area contributed by atoms with Gasteiger partial charge in [0.05, 0.1) is 6.42 Å². The summed E-state index contributed by atoms with van der Waals surface area (Å²) in [6, 6.07) is 6.54. The average molecular weight is 265 g/mol. The standard InChI is InChI=1S/C15H23NO3/c1-15(2,3)13(8-9-17)16-14(19)10-11-4-6-12(18)7-5-11/h4-7,13,17-18H,8-10H2,1-3H3,(H,16,19). The lowest BCUT2D eigenvalue weighted by atomic mass is 9.85. The Balaban J connectivity index is 2.60. The maximum absolute atomic E-state index is 12.0. The highest BCUT2D eigenvalue weighted by Gasteiger charge is 2.25. The SMILES string of the molecule is CC(C)(C)C(CCO)NC(=O)Cc1ccc(O)cc1. The monoisotopic (exact) mass is 265 g/mol. The van der Waals surface area contributed by atoms with Gasteiger partial charge in [0.2, 0.25) is 5.91 Å². The van der Waals surface area contributed by atoms with Crippen LogP contribution in [0.4, 0.5) is 0 Å². The Hall–Kier alpha value is -1.55. The summed E-state index contributed by atoms with van der Waals surface area (Å²) in [5, 5.41) is 21.2. The molecule has 0 radical (unpaired) electrons. The maximum Gasteiger partial charge on any atom is 0.224 e. The fourth-order valence-electron chi connectivity index (χ4n) is 1.90. The molecule has 0 saturated heterocycles. The fraction of sp³-hybridized carbons (Fsp3) is 0.533. The third-order valence-electron chi connectivity index (χ3n) is 3.10. The lowest BCUT2D eigenvalue weighted by Gasteiger charge is -2.31. The van der Waals surface area contributed by atoms with E-state index in [-0.39, 0.29) is 36.1 Å². The number of amides is 1. The number of phenols is 1. The molecule has 1 aromatic rings. The van der Waals surface area contributed by atoms with Gasteiger partial charge in [0.25, 0.3) is 0 Å². The Kier molecular flexibility index (Phi) is 5.36. The van der Waals surface area contributed by atoms with E-state index >= 15 is 0 Å². The van der Waals surface area contributed by atoms with E-state index in [1.54, 1.807) is 24.3 Å². The maximum atomic E-state index is 12.0. The highest BCUT2D eigenvalue weighted by atomic mass is 16.3. The topological polar surface area (TPSA) is 69.6 Å². The molecule has 0 aliphatic heterocycles.